The Bertz CT molecular complexity index is 1410. The van der Waals surface area contributed by atoms with E-state index in [2.05, 4.69) is 18.6 Å². The SMILES string of the molecule is C=CCc1cccc(C2C(C=C)=CCC3C(=O)N(Nc4ccc(C)cc4)C(=O)C32c2ccccc2)c1O. The minimum absolute atomic E-state index is 0.112. The summed E-state index contributed by atoms with van der Waals surface area (Å²) in [6.45, 7) is 9.83. The highest BCUT2D eigenvalue weighted by molar-refractivity contribution is 6.12. The van der Waals surface area contributed by atoms with Crippen LogP contribution in [0, 0.1) is 12.8 Å². The molecule has 3 unspecified atom stereocenters. The molecule has 0 bridgehead atoms. The number of anilines is 1. The summed E-state index contributed by atoms with van der Waals surface area (Å²) in [6.07, 6.45) is 6.31. The van der Waals surface area contributed by atoms with E-state index >= 15 is 0 Å². The summed E-state index contributed by atoms with van der Waals surface area (Å²) in [4.78, 5) is 28.5. The van der Waals surface area contributed by atoms with Crippen LogP contribution in [0.3, 0.4) is 0 Å². The number of hydrazine groups is 1. The molecule has 186 valence electrons. The van der Waals surface area contributed by atoms with Crippen molar-refractivity contribution < 1.29 is 14.7 Å². The van der Waals surface area contributed by atoms with Crippen molar-refractivity contribution in [3.8, 4) is 5.75 Å². The second kappa shape index (κ2) is 9.58. The quantitative estimate of drug-likeness (QED) is 0.316. The Hall–Kier alpha value is -4.38. The molecule has 5 rings (SSSR count). The van der Waals surface area contributed by atoms with E-state index in [9.17, 15) is 14.7 Å². The van der Waals surface area contributed by atoms with Crippen molar-refractivity contribution in [1.29, 1.82) is 0 Å². The number of para-hydroxylation sites is 1. The van der Waals surface area contributed by atoms with E-state index in [1.54, 1.807) is 12.2 Å². The number of aryl methyl sites for hydroxylation is 1. The van der Waals surface area contributed by atoms with Crippen molar-refractivity contribution in [3.63, 3.8) is 0 Å². The average molecular weight is 491 g/mol. The minimum atomic E-state index is -1.27. The number of hydrogen-bond donors (Lipinski definition) is 2. The highest BCUT2D eigenvalue weighted by Gasteiger charge is 2.66. The molecule has 5 nitrogen and oxygen atoms in total. The van der Waals surface area contributed by atoms with E-state index in [1.807, 2.05) is 85.8 Å². The number of carbonyl (C=O) groups excluding carboxylic acids is 2. The van der Waals surface area contributed by atoms with Gasteiger partial charge in [-0.2, -0.15) is 5.01 Å². The summed E-state index contributed by atoms with van der Waals surface area (Å²) < 4.78 is 0. The van der Waals surface area contributed by atoms with E-state index in [4.69, 9.17) is 0 Å². The van der Waals surface area contributed by atoms with Crippen molar-refractivity contribution in [2.24, 2.45) is 5.92 Å². The van der Waals surface area contributed by atoms with Gasteiger partial charge in [0.05, 0.1) is 17.0 Å². The molecule has 3 aromatic carbocycles. The minimum Gasteiger partial charge on any atom is -0.507 e. The monoisotopic (exact) mass is 490 g/mol. The highest BCUT2D eigenvalue weighted by Crippen LogP contribution is 2.58. The van der Waals surface area contributed by atoms with Crippen LogP contribution in [0.1, 0.15) is 34.6 Å². The van der Waals surface area contributed by atoms with Crippen molar-refractivity contribution >= 4 is 17.5 Å². The fourth-order valence-corrected chi connectivity index (χ4v) is 5.89. The summed E-state index contributed by atoms with van der Waals surface area (Å²) in [5.41, 5.74) is 6.40. The number of nitrogens with zero attached hydrogens (tertiary/aromatic N) is 1. The number of aromatic hydroxyl groups is 1. The zero-order valence-corrected chi connectivity index (χ0v) is 20.9. The van der Waals surface area contributed by atoms with Gasteiger partial charge in [-0.15, -0.1) is 6.58 Å². The maximum absolute atomic E-state index is 14.6. The number of hydrogen-bond acceptors (Lipinski definition) is 4. The number of amides is 2. The Morgan fingerprint density at radius 3 is 2.43 bits per heavy atom. The molecule has 1 saturated heterocycles. The summed E-state index contributed by atoms with van der Waals surface area (Å²) in [5.74, 6) is -1.80. The lowest BCUT2D eigenvalue weighted by Gasteiger charge is -2.43. The van der Waals surface area contributed by atoms with Crippen LogP contribution in [0.4, 0.5) is 5.69 Å². The number of imide groups is 1. The average Bonchev–Trinajstić information content (AvgIpc) is 3.13. The van der Waals surface area contributed by atoms with Crippen LogP contribution in [-0.2, 0) is 21.4 Å². The Labute approximate surface area is 217 Å². The van der Waals surface area contributed by atoms with Gasteiger partial charge in [0.2, 0.25) is 0 Å². The fraction of sp³-hybridized carbons (Fsp3) is 0.188. The van der Waals surface area contributed by atoms with Crippen LogP contribution in [0.25, 0.3) is 0 Å². The zero-order valence-electron chi connectivity index (χ0n) is 20.9. The lowest BCUT2D eigenvalue weighted by molar-refractivity contribution is -0.138. The first-order valence-corrected chi connectivity index (χ1v) is 12.4. The first kappa shape index (κ1) is 24.3. The van der Waals surface area contributed by atoms with Crippen LogP contribution >= 0.6 is 0 Å². The second-order valence-electron chi connectivity index (χ2n) is 9.67. The first-order valence-electron chi connectivity index (χ1n) is 12.4. The topological polar surface area (TPSA) is 69.6 Å². The number of allylic oxidation sites excluding steroid dienone is 4. The summed E-state index contributed by atoms with van der Waals surface area (Å²) in [6, 6.07) is 22.6. The highest BCUT2D eigenvalue weighted by atomic mass is 16.3. The second-order valence-corrected chi connectivity index (χ2v) is 9.67. The van der Waals surface area contributed by atoms with E-state index in [-0.39, 0.29) is 17.6 Å². The van der Waals surface area contributed by atoms with Crippen LogP contribution in [0.2, 0.25) is 0 Å². The molecule has 2 N–H and O–H groups in total. The third kappa shape index (κ3) is 3.78. The van der Waals surface area contributed by atoms with Crippen molar-refractivity contribution in [2.45, 2.75) is 31.1 Å². The van der Waals surface area contributed by atoms with Crippen LogP contribution < -0.4 is 5.43 Å². The van der Waals surface area contributed by atoms with Gasteiger partial charge in [0.25, 0.3) is 11.8 Å². The van der Waals surface area contributed by atoms with Gasteiger partial charge in [-0.3, -0.25) is 15.0 Å². The molecule has 0 saturated carbocycles. The van der Waals surface area contributed by atoms with Crippen LogP contribution in [-0.4, -0.2) is 21.9 Å². The predicted molar refractivity (Wildman–Crippen MR) is 146 cm³/mol. The van der Waals surface area contributed by atoms with Gasteiger partial charge in [0, 0.05) is 11.5 Å². The third-order valence-corrected chi connectivity index (χ3v) is 7.61. The molecule has 3 atom stereocenters. The smallest absolute Gasteiger partial charge is 0.260 e. The zero-order chi connectivity index (χ0) is 26.2. The number of fused-ring (bicyclic) bond motifs is 1. The van der Waals surface area contributed by atoms with Crippen LogP contribution in [0.5, 0.6) is 5.75 Å². The van der Waals surface area contributed by atoms with Gasteiger partial charge >= 0.3 is 0 Å². The number of nitrogens with one attached hydrogen (secondary N) is 1. The molecule has 37 heavy (non-hydrogen) atoms. The molecule has 0 aromatic heterocycles. The fourth-order valence-electron chi connectivity index (χ4n) is 5.89. The predicted octanol–water partition coefficient (Wildman–Crippen LogP) is 5.98. The van der Waals surface area contributed by atoms with Crippen molar-refractivity contribution in [2.75, 3.05) is 5.43 Å². The van der Waals surface area contributed by atoms with Crippen molar-refractivity contribution in [1.82, 2.24) is 5.01 Å². The third-order valence-electron chi connectivity index (χ3n) is 7.61. The standard InChI is InChI=1S/C32H30N2O3/c1-4-10-23-11-9-14-26(29(23)35)28-22(5-2)17-20-27-30(36)34(33-25-18-15-21(3)16-19-25)31(37)32(27,28)24-12-7-6-8-13-24/h4-9,11-19,27-28,33,35H,1-2,10,20H2,3H3. The number of rotatable bonds is 7. The molecule has 1 aliphatic carbocycles. The van der Waals surface area contributed by atoms with Gasteiger partial charge in [-0.25, -0.2) is 0 Å². The molecule has 3 aromatic rings. The van der Waals surface area contributed by atoms with Gasteiger partial charge in [0.1, 0.15) is 5.75 Å². The van der Waals surface area contributed by atoms with Gasteiger partial charge < -0.3 is 5.11 Å². The molecule has 2 amide bonds. The largest absolute Gasteiger partial charge is 0.507 e. The Balaban J connectivity index is 1.74. The molecular weight excluding hydrogens is 460 g/mol. The first-order chi connectivity index (χ1) is 17.9. The number of carbonyl (C=O) groups is 2. The van der Waals surface area contributed by atoms with Gasteiger partial charge in [-0.1, -0.05) is 91.0 Å². The van der Waals surface area contributed by atoms with Crippen molar-refractivity contribution in [3.05, 3.63) is 132 Å². The summed E-state index contributed by atoms with van der Waals surface area (Å²) >= 11 is 0. The van der Waals surface area contributed by atoms with E-state index in [1.165, 1.54) is 5.01 Å². The Morgan fingerprint density at radius 1 is 1.03 bits per heavy atom. The number of benzene rings is 3. The molecule has 1 aliphatic heterocycles. The number of phenolic OH excluding ortho intramolecular Hbond substituents is 1. The van der Waals surface area contributed by atoms with Crippen LogP contribution in [0.15, 0.2) is 110 Å². The maximum atomic E-state index is 14.6. The Kier molecular flexibility index (Phi) is 6.30. The molecule has 5 heteroatoms. The van der Waals surface area contributed by atoms with E-state index in [0.717, 1.165) is 16.7 Å². The van der Waals surface area contributed by atoms with E-state index in [0.29, 0.717) is 29.7 Å². The lowest BCUT2D eigenvalue weighted by atomic mass is 9.56. The molecule has 0 spiro atoms. The molecule has 0 radical (unpaired) electrons. The maximum Gasteiger partial charge on any atom is 0.260 e. The lowest BCUT2D eigenvalue weighted by Crippen LogP contribution is -2.48. The Morgan fingerprint density at radius 2 is 1.76 bits per heavy atom. The molecule has 1 fully saturated rings. The molecule has 2 aliphatic rings. The summed E-state index contributed by atoms with van der Waals surface area (Å²) in [5, 5.41) is 12.6. The normalized spacial score (nSPS) is 22.8. The summed E-state index contributed by atoms with van der Waals surface area (Å²) in [7, 11) is 0. The molecule has 1 heterocycles. The number of phenols is 1. The van der Waals surface area contributed by atoms with Gasteiger partial charge in [-0.05, 0) is 48.6 Å². The van der Waals surface area contributed by atoms with Gasteiger partial charge in [0.15, 0.2) is 0 Å². The van der Waals surface area contributed by atoms with E-state index < -0.39 is 17.3 Å². The molecular formula is C32H30N2O3.